The maximum Gasteiger partial charge on any atom is 0.329 e. The third-order valence-corrected chi connectivity index (χ3v) is 4.84. The zero-order valence-electron chi connectivity index (χ0n) is 13.9. The van der Waals surface area contributed by atoms with E-state index in [9.17, 15) is 14.4 Å². The fourth-order valence-corrected chi connectivity index (χ4v) is 3.41. The van der Waals surface area contributed by atoms with Crippen LogP contribution in [0.3, 0.4) is 0 Å². The second-order valence-corrected chi connectivity index (χ2v) is 6.84. The van der Waals surface area contributed by atoms with Crippen LogP contribution in [-0.4, -0.2) is 30.4 Å². The van der Waals surface area contributed by atoms with Crippen molar-refractivity contribution in [2.24, 2.45) is 0 Å². The number of carbonyl (C=O) groups is 3. The molecule has 1 fully saturated rings. The van der Waals surface area contributed by atoms with Gasteiger partial charge in [0.25, 0.3) is 5.91 Å². The Balaban J connectivity index is 1.56. The average Bonchev–Trinajstić information content (AvgIpc) is 3.09. The molecule has 0 saturated carbocycles. The first-order valence-electron chi connectivity index (χ1n) is 8.19. The molecule has 2 aromatic carbocycles. The summed E-state index contributed by atoms with van der Waals surface area (Å²) in [6.07, 6.45) is 0.700. The Labute approximate surface area is 155 Å². The molecule has 1 aliphatic rings. The summed E-state index contributed by atoms with van der Waals surface area (Å²) in [5.41, 5.74) is 0.650. The van der Waals surface area contributed by atoms with Gasteiger partial charge in [-0.15, -0.1) is 0 Å². The van der Waals surface area contributed by atoms with E-state index in [-0.39, 0.29) is 5.91 Å². The van der Waals surface area contributed by atoms with E-state index >= 15 is 0 Å². The molecule has 0 unspecified atom stereocenters. The maximum absolute atomic E-state index is 12.1. The Kier molecular flexibility index (Phi) is 5.91. The first-order chi connectivity index (χ1) is 12.6. The molecule has 134 valence electrons. The van der Waals surface area contributed by atoms with Crippen LogP contribution in [0.4, 0.5) is 5.69 Å². The van der Waals surface area contributed by atoms with Gasteiger partial charge in [-0.25, -0.2) is 4.79 Å². The lowest BCUT2D eigenvalue weighted by molar-refractivity contribution is -0.149. The first kappa shape index (κ1) is 18.0. The highest BCUT2D eigenvalue weighted by atomic mass is 32.2. The average molecular weight is 370 g/mol. The molecule has 2 amide bonds. The van der Waals surface area contributed by atoms with E-state index < -0.39 is 24.5 Å². The van der Waals surface area contributed by atoms with Gasteiger partial charge in [0.2, 0.25) is 5.91 Å². The molecule has 1 saturated heterocycles. The van der Waals surface area contributed by atoms with Crippen molar-refractivity contribution in [3.8, 4) is 0 Å². The molecule has 7 heteroatoms. The van der Waals surface area contributed by atoms with Crippen LogP contribution in [-0.2, 0) is 19.1 Å². The quantitative estimate of drug-likeness (QED) is 0.764. The zero-order chi connectivity index (χ0) is 18.4. The van der Waals surface area contributed by atoms with E-state index in [0.29, 0.717) is 18.5 Å². The molecule has 6 nitrogen and oxygen atoms in total. The minimum Gasteiger partial charge on any atom is -0.454 e. The molecule has 0 spiro atoms. The summed E-state index contributed by atoms with van der Waals surface area (Å²) in [7, 11) is 0. The highest BCUT2D eigenvalue weighted by Gasteiger charge is 2.28. The van der Waals surface area contributed by atoms with E-state index in [1.165, 1.54) is 11.8 Å². The summed E-state index contributed by atoms with van der Waals surface area (Å²) in [5, 5.41) is 5.28. The minimum absolute atomic E-state index is 0.178. The van der Waals surface area contributed by atoms with Gasteiger partial charge in [0, 0.05) is 16.2 Å². The van der Waals surface area contributed by atoms with Crippen LogP contribution in [0.25, 0.3) is 0 Å². The molecule has 2 aromatic rings. The number of para-hydroxylation sites is 1. The Bertz CT molecular complexity index is 810. The Morgan fingerprint density at radius 3 is 2.58 bits per heavy atom. The van der Waals surface area contributed by atoms with Gasteiger partial charge in [0.15, 0.2) is 6.61 Å². The van der Waals surface area contributed by atoms with Crippen LogP contribution in [0, 0.1) is 0 Å². The number of carbonyl (C=O) groups excluding carboxylic acids is 3. The van der Waals surface area contributed by atoms with Gasteiger partial charge < -0.3 is 15.4 Å². The maximum atomic E-state index is 12.1. The molecular formula is C19H18N2O4S. The Hall–Kier alpha value is -2.80. The molecule has 0 aliphatic carbocycles. The summed E-state index contributed by atoms with van der Waals surface area (Å²) in [6.45, 7) is -0.393. The smallest absolute Gasteiger partial charge is 0.329 e. The Morgan fingerprint density at radius 1 is 1.12 bits per heavy atom. The summed E-state index contributed by atoms with van der Waals surface area (Å²) < 4.78 is 4.99. The van der Waals surface area contributed by atoms with E-state index in [0.717, 1.165) is 9.79 Å². The number of anilines is 1. The third-order valence-electron chi connectivity index (χ3n) is 3.76. The molecular weight excluding hydrogens is 352 g/mol. The number of ether oxygens (including phenoxy) is 1. The number of hydrogen-bond acceptors (Lipinski definition) is 5. The lowest BCUT2D eigenvalue weighted by atomic mass is 10.2. The monoisotopic (exact) mass is 370 g/mol. The van der Waals surface area contributed by atoms with Crippen molar-refractivity contribution in [2.45, 2.75) is 28.7 Å². The van der Waals surface area contributed by atoms with Crippen molar-refractivity contribution < 1.29 is 19.1 Å². The van der Waals surface area contributed by atoms with Gasteiger partial charge in [-0.3, -0.25) is 9.59 Å². The third kappa shape index (κ3) is 4.86. The second kappa shape index (κ2) is 8.53. The highest BCUT2D eigenvalue weighted by Crippen LogP contribution is 2.33. The standard InChI is InChI=1S/C19H18N2O4S/c22-17-11-10-15(21-17)19(24)25-12-18(23)20-14-8-4-5-9-16(14)26-13-6-2-1-3-7-13/h1-9,15H,10-12H2,(H,20,23)(H,21,22)/t15-/m1/s1. The number of rotatable bonds is 6. The van der Waals surface area contributed by atoms with Gasteiger partial charge in [-0.2, -0.15) is 0 Å². The van der Waals surface area contributed by atoms with Crippen LogP contribution >= 0.6 is 11.8 Å². The van der Waals surface area contributed by atoms with E-state index in [2.05, 4.69) is 10.6 Å². The topological polar surface area (TPSA) is 84.5 Å². The molecule has 1 aliphatic heterocycles. The highest BCUT2D eigenvalue weighted by molar-refractivity contribution is 7.99. The lowest BCUT2D eigenvalue weighted by Crippen LogP contribution is -2.36. The Morgan fingerprint density at radius 2 is 1.85 bits per heavy atom. The molecule has 26 heavy (non-hydrogen) atoms. The summed E-state index contributed by atoms with van der Waals surface area (Å²) in [4.78, 5) is 37.0. The van der Waals surface area contributed by atoms with Crippen LogP contribution < -0.4 is 10.6 Å². The second-order valence-electron chi connectivity index (χ2n) is 5.73. The predicted molar refractivity (Wildman–Crippen MR) is 97.8 cm³/mol. The van der Waals surface area contributed by atoms with Gasteiger partial charge in [0.1, 0.15) is 6.04 Å². The largest absolute Gasteiger partial charge is 0.454 e. The summed E-state index contributed by atoms with van der Waals surface area (Å²) in [6, 6.07) is 16.6. The first-order valence-corrected chi connectivity index (χ1v) is 9.01. The molecule has 3 rings (SSSR count). The van der Waals surface area contributed by atoms with Gasteiger partial charge in [-0.1, -0.05) is 42.1 Å². The number of nitrogens with one attached hydrogen (secondary N) is 2. The molecule has 1 heterocycles. The van der Waals surface area contributed by atoms with Crippen LogP contribution in [0.5, 0.6) is 0 Å². The van der Waals surface area contributed by atoms with Crippen molar-refractivity contribution in [1.82, 2.24) is 5.32 Å². The number of hydrogen-bond donors (Lipinski definition) is 2. The van der Waals surface area contributed by atoms with Crippen molar-refractivity contribution in [1.29, 1.82) is 0 Å². The zero-order valence-corrected chi connectivity index (χ0v) is 14.8. The van der Waals surface area contributed by atoms with Gasteiger partial charge >= 0.3 is 5.97 Å². The normalized spacial score (nSPS) is 16.0. The molecule has 2 N–H and O–H groups in total. The predicted octanol–water partition coefficient (Wildman–Crippen LogP) is 2.60. The van der Waals surface area contributed by atoms with Gasteiger partial charge in [0.05, 0.1) is 5.69 Å². The summed E-state index contributed by atoms with van der Waals surface area (Å²) >= 11 is 1.53. The van der Waals surface area contributed by atoms with E-state index in [1.807, 2.05) is 48.5 Å². The van der Waals surface area contributed by atoms with E-state index in [1.54, 1.807) is 6.07 Å². The number of benzene rings is 2. The van der Waals surface area contributed by atoms with Crippen molar-refractivity contribution in [3.63, 3.8) is 0 Å². The van der Waals surface area contributed by atoms with Crippen LogP contribution in [0.1, 0.15) is 12.8 Å². The van der Waals surface area contributed by atoms with Crippen molar-refractivity contribution >= 4 is 35.2 Å². The molecule has 0 aromatic heterocycles. The van der Waals surface area contributed by atoms with Crippen molar-refractivity contribution in [3.05, 3.63) is 54.6 Å². The van der Waals surface area contributed by atoms with Crippen LogP contribution in [0.2, 0.25) is 0 Å². The molecule has 1 atom stereocenters. The minimum atomic E-state index is -0.656. The molecule has 0 bridgehead atoms. The van der Waals surface area contributed by atoms with Crippen LogP contribution in [0.15, 0.2) is 64.4 Å². The fourth-order valence-electron chi connectivity index (χ4n) is 2.49. The number of amides is 2. The SMILES string of the molecule is O=C(COC(=O)[C@H]1CCC(=O)N1)Nc1ccccc1Sc1ccccc1. The summed E-state index contributed by atoms with van der Waals surface area (Å²) in [5.74, 6) is -1.19. The lowest BCUT2D eigenvalue weighted by Gasteiger charge is -2.12. The number of esters is 1. The molecule has 0 radical (unpaired) electrons. The fraction of sp³-hybridized carbons (Fsp3) is 0.211. The van der Waals surface area contributed by atoms with Crippen molar-refractivity contribution in [2.75, 3.05) is 11.9 Å². The van der Waals surface area contributed by atoms with Gasteiger partial charge in [-0.05, 0) is 30.7 Å². The van der Waals surface area contributed by atoms with E-state index in [4.69, 9.17) is 4.74 Å².